The molecule has 0 bridgehead atoms. The number of carbonyl (C=O) groups is 1. The Bertz CT molecular complexity index is 524. The molecule has 0 aromatic carbocycles. The Morgan fingerprint density at radius 3 is 2.50 bits per heavy atom. The van der Waals surface area contributed by atoms with E-state index in [1.807, 2.05) is 7.05 Å². The molecular weight excluding hydrogens is 352 g/mol. The maximum Gasteiger partial charge on any atom is 0.227 e. The number of rotatable bonds is 10. The van der Waals surface area contributed by atoms with Gasteiger partial charge in [0.25, 0.3) is 0 Å². The Hall–Kier alpha value is -1.18. The van der Waals surface area contributed by atoms with Crippen LogP contribution in [0.3, 0.4) is 0 Å². The minimum Gasteiger partial charge on any atom is -0.317 e. The first-order valence-electron chi connectivity index (χ1n) is 9.77. The van der Waals surface area contributed by atoms with E-state index in [1.165, 1.54) is 0 Å². The average molecular weight is 387 g/mol. The van der Waals surface area contributed by atoms with E-state index < -0.39 is 0 Å². The molecule has 0 aliphatic carbocycles. The van der Waals surface area contributed by atoms with E-state index in [0.717, 1.165) is 70.7 Å². The van der Waals surface area contributed by atoms with E-state index in [0.29, 0.717) is 18.3 Å². The van der Waals surface area contributed by atoms with Crippen LogP contribution in [0.5, 0.6) is 0 Å². The second-order valence-corrected chi connectivity index (χ2v) is 6.93. The SMILES string of the molecule is CCCN(CCC)CCCC(=O)Nc1nc(C2CCNCC2)nn1C.Cl. The molecule has 1 fully saturated rings. The van der Waals surface area contributed by atoms with Gasteiger partial charge in [-0.25, -0.2) is 4.68 Å². The highest BCUT2D eigenvalue weighted by Crippen LogP contribution is 2.23. The zero-order valence-electron chi connectivity index (χ0n) is 16.5. The number of nitrogens with zero attached hydrogens (tertiary/aromatic N) is 4. The van der Waals surface area contributed by atoms with Crippen molar-refractivity contribution in [3.8, 4) is 0 Å². The maximum atomic E-state index is 12.2. The largest absolute Gasteiger partial charge is 0.317 e. The van der Waals surface area contributed by atoms with Gasteiger partial charge in [0.1, 0.15) is 0 Å². The lowest BCUT2D eigenvalue weighted by molar-refractivity contribution is -0.116. The van der Waals surface area contributed by atoms with Gasteiger partial charge in [-0.05, 0) is 64.8 Å². The lowest BCUT2D eigenvalue weighted by Gasteiger charge is -2.20. The predicted octanol–water partition coefficient (Wildman–Crippen LogP) is 2.54. The highest BCUT2D eigenvalue weighted by atomic mass is 35.5. The van der Waals surface area contributed by atoms with Crippen LogP contribution in [-0.4, -0.2) is 58.3 Å². The van der Waals surface area contributed by atoms with Crippen LogP contribution in [0.4, 0.5) is 5.95 Å². The van der Waals surface area contributed by atoms with Gasteiger partial charge in [0.2, 0.25) is 11.9 Å². The first-order chi connectivity index (χ1) is 12.1. The normalized spacial score (nSPS) is 15.1. The van der Waals surface area contributed by atoms with Gasteiger partial charge in [0, 0.05) is 19.4 Å². The third-order valence-corrected chi connectivity index (χ3v) is 4.69. The van der Waals surface area contributed by atoms with Crippen LogP contribution in [-0.2, 0) is 11.8 Å². The molecule has 0 atom stereocenters. The minimum absolute atomic E-state index is 0. The molecule has 0 unspecified atom stereocenters. The van der Waals surface area contributed by atoms with Gasteiger partial charge in [-0.15, -0.1) is 12.4 Å². The number of hydrogen-bond acceptors (Lipinski definition) is 5. The van der Waals surface area contributed by atoms with Gasteiger partial charge in [-0.1, -0.05) is 13.8 Å². The van der Waals surface area contributed by atoms with Crippen molar-refractivity contribution in [3.05, 3.63) is 5.82 Å². The molecule has 0 saturated carbocycles. The minimum atomic E-state index is 0. The molecule has 7 nitrogen and oxygen atoms in total. The lowest BCUT2D eigenvalue weighted by Crippen LogP contribution is -2.27. The third-order valence-electron chi connectivity index (χ3n) is 4.69. The number of carbonyl (C=O) groups excluding carboxylic acids is 1. The molecule has 0 radical (unpaired) electrons. The van der Waals surface area contributed by atoms with Crippen LogP contribution < -0.4 is 10.6 Å². The van der Waals surface area contributed by atoms with E-state index in [9.17, 15) is 4.79 Å². The van der Waals surface area contributed by atoms with Crippen molar-refractivity contribution in [1.29, 1.82) is 0 Å². The summed E-state index contributed by atoms with van der Waals surface area (Å²) in [6.45, 7) is 9.62. The molecule has 150 valence electrons. The number of halogens is 1. The van der Waals surface area contributed by atoms with Gasteiger partial charge in [0.05, 0.1) is 0 Å². The quantitative estimate of drug-likeness (QED) is 0.646. The Labute approximate surface area is 163 Å². The van der Waals surface area contributed by atoms with Crippen molar-refractivity contribution in [1.82, 2.24) is 25.0 Å². The summed E-state index contributed by atoms with van der Waals surface area (Å²) in [4.78, 5) is 19.2. The number of aryl methyl sites for hydroxylation is 1. The van der Waals surface area contributed by atoms with E-state index in [1.54, 1.807) is 4.68 Å². The summed E-state index contributed by atoms with van der Waals surface area (Å²) < 4.78 is 1.69. The molecule has 1 aliphatic heterocycles. The molecule has 0 spiro atoms. The number of piperidine rings is 1. The number of aromatic nitrogens is 3. The predicted molar refractivity (Wildman–Crippen MR) is 108 cm³/mol. The van der Waals surface area contributed by atoms with Gasteiger partial charge >= 0.3 is 0 Å². The molecule has 2 rings (SSSR count). The standard InChI is InChI=1S/C18H34N6O.ClH/c1-4-12-24(13-5-2)14-6-7-16(25)20-18-21-17(22-23(18)3)15-8-10-19-11-9-15;/h15,19H,4-14H2,1-3H3,(H,20,21,22,25);1H. The Kier molecular flexibility index (Phi) is 10.8. The van der Waals surface area contributed by atoms with E-state index in [4.69, 9.17) is 0 Å². The molecule has 1 saturated heterocycles. The summed E-state index contributed by atoms with van der Waals surface area (Å²) in [5, 5.41) is 10.8. The summed E-state index contributed by atoms with van der Waals surface area (Å²) in [5.41, 5.74) is 0. The van der Waals surface area contributed by atoms with Crippen molar-refractivity contribution < 1.29 is 4.79 Å². The topological polar surface area (TPSA) is 75.1 Å². The monoisotopic (exact) mass is 386 g/mol. The number of hydrogen-bond donors (Lipinski definition) is 2. The van der Waals surface area contributed by atoms with Crippen LogP contribution in [0.2, 0.25) is 0 Å². The van der Waals surface area contributed by atoms with E-state index in [2.05, 4.69) is 39.5 Å². The molecule has 1 aromatic heterocycles. The first-order valence-corrected chi connectivity index (χ1v) is 9.77. The molecule has 1 aliphatic rings. The number of nitrogens with one attached hydrogen (secondary N) is 2. The van der Waals surface area contributed by atoms with Crippen molar-refractivity contribution in [2.24, 2.45) is 7.05 Å². The fourth-order valence-electron chi connectivity index (χ4n) is 3.38. The van der Waals surface area contributed by atoms with E-state index >= 15 is 0 Å². The summed E-state index contributed by atoms with van der Waals surface area (Å²) in [7, 11) is 1.84. The number of anilines is 1. The highest BCUT2D eigenvalue weighted by molar-refractivity contribution is 5.88. The Balaban J connectivity index is 0.00000338. The number of amides is 1. The van der Waals surface area contributed by atoms with E-state index in [-0.39, 0.29) is 18.3 Å². The van der Waals surface area contributed by atoms with Gasteiger partial charge in [0.15, 0.2) is 5.82 Å². The highest BCUT2D eigenvalue weighted by Gasteiger charge is 2.21. The Morgan fingerprint density at radius 1 is 1.23 bits per heavy atom. The summed E-state index contributed by atoms with van der Waals surface area (Å²) in [6.07, 6.45) is 5.84. The summed E-state index contributed by atoms with van der Waals surface area (Å²) in [5.74, 6) is 1.85. The van der Waals surface area contributed by atoms with Crippen LogP contribution >= 0.6 is 12.4 Å². The molecular formula is C18H35ClN6O. The Morgan fingerprint density at radius 2 is 1.88 bits per heavy atom. The fourth-order valence-corrected chi connectivity index (χ4v) is 3.38. The van der Waals surface area contributed by atoms with Crippen LogP contribution in [0.1, 0.15) is 64.1 Å². The lowest BCUT2D eigenvalue weighted by atomic mass is 9.98. The van der Waals surface area contributed by atoms with Crippen molar-refractivity contribution in [2.75, 3.05) is 38.0 Å². The first kappa shape index (κ1) is 22.9. The van der Waals surface area contributed by atoms with Crippen LogP contribution in [0.25, 0.3) is 0 Å². The second kappa shape index (κ2) is 12.3. The smallest absolute Gasteiger partial charge is 0.227 e. The zero-order chi connectivity index (χ0) is 18.1. The maximum absolute atomic E-state index is 12.2. The molecule has 2 heterocycles. The van der Waals surface area contributed by atoms with Gasteiger partial charge in [-0.3, -0.25) is 10.1 Å². The van der Waals surface area contributed by atoms with Crippen molar-refractivity contribution >= 4 is 24.3 Å². The van der Waals surface area contributed by atoms with Crippen LogP contribution in [0.15, 0.2) is 0 Å². The molecule has 8 heteroatoms. The van der Waals surface area contributed by atoms with Gasteiger partial charge in [-0.2, -0.15) is 10.1 Å². The fraction of sp³-hybridized carbons (Fsp3) is 0.833. The molecule has 1 aromatic rings. The van der Waals surface area contributed by atoms with Crippen LogP contribution in [0, 0.1) is 0 Å². The second-order valence-electron chi connectivity index (χ2n) is 6.93. The summed E-state index contributed by atoms with van der Waals surface area (Å²) >= 11 is 0. The third kappa shape index (κ3) is 7.21. The summed E-state index contributed by atoms with van der Waals surface area (Å²) in [6, 6.07) is 0. The molecule has 2 N–H and O–H groups in total. The van der Waals surface area contributed by atoms with Gasteiger partial charge < -0.3 is 10.2 Å². The molecule has 1 amide bonds. The average Bonchev–Trinajstić information content (AvgIpc) is 2.97. The van der Waals surface area contributed by atoms with Crippen molar-refractivity contribution in [3.63, 3.8) is 0 Å². The molecule has 26 heavy (non-hydrogen) atoms. The zero-order valence-corrected chi connectivity index (χ0v) is 17.3. The van der Waals surface area contributed by atoms with Crippen molar-refractivity contribution in [2.45, 2.75) is 58.3 Å².